The van der Waals surface area contributed by atoms with Crippen molar-refractivity contribution in [2.45, 2.75) is 6.54 Å². The van der Waals surface area contributed by atoms with Gasteiger partial charge in [0.15, 0.2) is 5.13 Å². The maximum absolute atomic E-state index is 12.9. The first-order valence-electron chi connectivity index (χ1n) is 9.41. The van der Waals surface area contributed by atoms with Crippen LogP contribution in [0.15, 0.2) is 70.9 Å². The number of benzene rings is 2. The third-order valence-electron chi connectivity index (χ3n) is 4.48. The summed E-state index contributed by atoms with van der Waals surface area (Å²) in [6.07, 6.45) is 0. The van der Waals surface area contributed by atoms with Gasteiger partial charge in [-0.1, -0.05) is 42.5 Å². The van der Waals surface area contributed by atoms with E-state index in [0.29, 0.717) is 23.1 Å². The van der Waals surface area contributed by atoms with Crippen molar-refractivity contribution in [1.29, 1.82) is 0 Å². The lowest BCUT2D eigenvalue weighted by molar-refractivity contribution is -0.117. The summed E-state index contributed by atoms with van der Waals surface area (Å²) >= 11 is 2.72. The van der Waals surface area contributed by atoms with Crippen molar-refractivity contribution in [3.63, 3.8) is 0 Å². The second-order valence-corrected chi connectivity index (χ2v) is 8.33. The van der Waals surface area contributed by atoms with Gasteiger partial charge in [0.05, 0.1) is 11.2 Å². The predicted octanol–water partition coefficient (Wildman–Crippen LogP) is 4.13. The van der Waals surface area contributed by atoms with Crippen molar-refractivity contribution in [2.24, 2.45) is 0 Å². The molecule has 2 aromatic carbocycles. The van der Waals surface area contributed by atoms with Gasteiger partial charge in [-0.15, -0.1) is 22.7 Å². The summed E-state index contributed by atoms with van der Waals surface area (Å²) in [5.41, 5.74) is 10.9. The zero-order chi connectivity index (χ0) is 21.6. The molecular weight excluding hydrogens is 430 g/mol. The van der Waals surface area contributed by atoms with Crippen molar-refractivity contribution in [3.8, 4) is 11.3 Å². The van der Waals surface area contributed by atoms with Crippen molar-refractivity contribution in [1.82, 2.24) is 14.9 Å². The maximum atomic E-state index is 12.9. The van der Waals surface area contributed by atoms with Gasteiger partial charge in [-0.05, 0) is 17.7 Å². The fourth-order valence-electron chi connectivity index (χ4n) is 3.00. The summed E-state index contributed by atoms with van der Waals surface area (Å²) in [6, 6.07) is 16.9. The second-order valence-electron chi connectivity index (χ2n) is 6.72. The quantitative estimate of drug-likeness (QED) is 0.442. The van der Waals surface area contributed by atoms with Gasteiger partial charge < -0.3 is 16.0 Å². The summed E-state index contributed by atoms with van der Waals surface area (Å²) in [7, 11) is 0. The Kier molecular flexibility index (Phi) is 6.34. The lowest BCUT2D eigenvalue weighted by Gasteiger charge is -2.21. The number of nitrogens with one attached hydrogen (secondary N) is 1. The Morgan fingerprint density at radius 3 is 2.45 bits per heavy atom. The molecule has 0 saturated heterocycles. The smallest absolute Gasteiger partial charge is 0.274 e. The molecule has 0 saturated carbocycles. The molecule has 2 amide bonds. The number of nitrogens with two attached hydrogens (primary N) is 1. The Morgan fingerprint density at radius 2 is 1.81 bits per heavy atom. The number of nitrogen functional groups attached to an aromatic ring is 1. The van der Waals surface area contributed by atoms with Crippen molar-refractivity contribution < 1.29 is 9.59 Å². The molecular formula is C22H19N5O2S2. The highest BCUT2D eigenvalue weighted by Crippen LogP contribution is 2.24. The highest BCUT2D eigenvalue weighted by Gasteiger charge is 2.21. The van der Waals surface area contributed by atoms with Gasteiger partial charge in [-0.3, -0.25) is 9.59 Å². The normalized spacial score (nSPS) is 10.6. The molecule has 0 aliphatic rings. The van der Waals surface area contributed by atoms with Gasteiger partial charge in [0, 0.05) is 28.6 Å². The van der Waals surface area contributed by atoms with E-state index in [-0.39, 0.29) is 18.4 Å². The molecule has 31 heavy (non-hydrogen) atoms. The van der Waals surface area contributed by atoms with Crippen LogP contribution in [0.1, 0.15) is 16.1 Å². The van der Waals surface area contributed by atoms with Crippen LogP contribution in [0.5, 0.6) is 0 Å². The molecule has 2 heterocycles. The molecule has 4 aromatic rings. The minimum atomic E-state index is -0.287. The number of anilines is 2. The van der Waals surface area contributed by atoms with Gasteiger partial charge in [0.2, 0.25) is 5.91 Å². The van der Waals surface area contributed by atoms with Crippen LogP contribution >= 0.6 is 22.7 Å². The van der Waals surface area contributed by atoms with Crippen LogP contribution in [0.4, 0.5) is 10.8 Å². The summed E-state index contributed by atoms with van der Waals surface area (Å²) in [5, 5.41) is 6.93. The third-order valence-corrected chi connectivity index (χ3v) is 5.74. The average Bonchev–Trinajstić information content (AvgIpc) is 3.46. The SMILES string of the molecule is Nc1nc(-c2ccc(NC(=O)CN(Cc3ccccc3)C(=O)c3cscn3)cc2)cs1. The number of aromatic nitrogens is 2. The van der Waals surface area contributed by atoms with E-state index in [0.717, 1.165) is 16.8 Å². The van der Waals surface area contributed by atoms with Crippen molar-refractivity contribution in [3.05, 3.63) is 82.1 Å². The summed E-state index contributed by atoms with van der Waals surface area (Å²) < 4.78 is 0. The number of hydrogen-bond acceptors (Lipinski definition) is 7. The second kappa shape index (κ2) is 9.50. The summed E-state index contributed by atoms with van der Waals surface area (Å²) in [4.78, 5) is 35.4. The first kappa shape index (κ1) is 20.7. The lowest BCUT2D eigenvalue weighted by Crippen LogP contribution is -2.37. The molecule has 3 N–H and O–H groups in total. The molecule has 2 aromatic heterocycles. The number of hydrogen-bond donors (Lipinski definition) is 2. The van der Waals surface area contributed by atoms with E-state index >= 15 is 0 Å². The minimum Gasteiger partial charge on any atom is -0.375 e. The summed E-state index contributed by atoms with van der Waals surface area (Å²) in [6.45, 7) is 0.227. The number of rotatable bonds is 7. The molecule has 9 heteroatoms. The average molecular weight is 450 g/mol. The first-order valence-corrected chi connectivity index (χ1v) is 11.2. The molecule has 0 bridgehead atoms. The number of nitrogens with zero attached hydrogens (tertiary/aromatic N) is 3. The topological polar surface area (TPSA) is 101 Å². The van der Waals surface area contributed by atoms with Crippen LogP contribution in [0.25, 0.3) is 11.3 Å². The molecule has 0 radical (unpaired) electrons. The predicted molar refractivity (Wildman–Crippen MR) is 124 cm³/mol. The maximum Gasteiger partial charge on any atom is 0.274 e. The third kappa shape index (κ3) is 5.33. The van der Waals surface area contributed by atoms with Gasteiger partial charge in [-0.25, -0.2) is 9.97 Å². The zero-order valence-electron chi connectivity index (χ0n) is 16.4. The van der Waals surface area contributed by atoms with Gasteiger partial charge in [-0.2, -0.15) is 0 Å². The fourth-order valence-corrected chi connectivity index (χ4v) is 4.10. The van der Waals surface area contributed by atoms with E-state index in [9.17, 15) is 9.59 Å². The highest BCUT2D eigenvalue weighted by atomic mass is 32.1. The molecule has 7 nitrogen and oxygen atoms in total. The van der Waals surface area contributed by atoms with Crippen LogP contribution in [-0.2, 0) is 11.3 Å². The monoisotopic (exact) mass is 449 g/mol. The number of amides is 2. The van der Waals surface area contributed by atoms with E-state index in [2.05, 4.69) is 15.3 Å². The van der Waals surface area contributed by atoms with E-state index in [1.165, 1.54) is 27.6 Å². The summed E-state index contributed by atoms with van der Waals surface area (Å²) in [5.74, 6) is -0.568. The Morgan fingerprint density at radius 1 is 1.03 bits per heavy atom. The Balaban J connectivity index is 1.44. The number of carbonyl (C=O) groups is 2. The molecule has 0 unspecified atom stereocenters. The highest BCUT2D eigenvalue weighted by molar-refractivity contribution is 7.13. The Hall–Kier alpha value is -3.56. The van der Waals surface area contributed by atoms with Crippen LogP contribution in [0.3, 0.4) is 0 Å². The molecule has 156 valence electrons. The number of thiazole rings is 2. The zero-order valence-corrected chi connectivity index (χ0v) is 18.0. The molecule has 4 rings (SSSR count). The van der Waals surface area contributed by atoms with Crippen molar-refractivity contribution >= 4 is 45.3 Å². The fraction of sp³-hybridized carbons (Fsp3) is 0.0909. The van der Waals surface area contributed by atoms with Crippen LogP contribution in [-0.4, -0.2) is 33.2 Å². The van der Waals surface area contributed by atoms with Gasteiger partial charge >= 0.3 is 0 Å². The van der Waals surface area contributed by atoms with Crippen LogP contribution < -0.4 is 11.1 Å². The van der Waals surface area contributed by atoms with Gasteiger partial charge in [0.25, 0.3) is 5.91 Å². The Labute approximate surface area is 187 Å². The van der Waals surface area contributed by atoms with Crippen LogP contribution in [0.2, 0.25) is 0 Å². The minimum absolute atomic E-state index is 0.0877. The van der Waals surface area contributed by atoms with Crippen molar-refractivity contribution in [2.75, 3.05) is 17.6 Å². The van der Waals surface area contributed by atoms with E-state index in [1.54, 1.807) is 23.0 Å². The van der Waals surface area contributed by atoms with Gasteiger partial charge in [0.1, 0.15) is 12.2 Å². The molecule has 0 atom stereocenters. The molecule has 0 aliphatic carbocycles. The number of carbonyl (C=O) groups excluding carboxylic acids is 2. The molecule has 0 spiro atoms. The lowest BCUT2D eigenvalue weighted by atomic mass is 10.1. The van der Waals surface area contributed by atoms with E-state index in [4.69, 9.17) is 5.73 Å². The molecule has 0 aliphatic heterocycles. The standard InChI is InChI=1S/C22H19N5O2S2/c23-22-26-18(13-31-22)16-6-8-17(9-7-16)25-20(28)11-27(10-15-4-2-1-3-5-15)21(29)19-12-30-14-24-19/h1-9,12-14H,10-11H2,(H2,23,26)(H,25,28). The largest absolute Gasteiger partial charge is 0.375 e. The van der Waals surface area contributed by atoms with Crippen LogP contribution in [0, 0.1) is 0 Å². The Bertz CT molecular complexity index is 1160. The van der Waals surface area contributed by atoms with E-state index < -0.39 is 0 Å². The van der Waals surface area contributed by atoms with E-state index in [1.807, 2.05) is 47.8 Å². The molecule has 0 fully saturated rings. The first-order chi connectivity index (χ1) is 15.1.